The minimum absolute atomic E-state index is 0.215. The van der Waals surface area contributed by atoms with E-state index in [2.05, 4.69) is 4.90 Å². The topological polar surface area (TPSA) is 99.5 Å². The molecule has 1 heterocycles. The Morgan fingerprint density at radius 2 is 2.04 bits per heavy atom. The minimum Gasteiger partial charge on any atom is -0.496 e. The lowest BCUT2D eigenvalue weighted by molar-refractivity contribution is 0.0387. The van der Waals surface area contributed by atoms with Crippen molar-refractivity contribution in [1.29, 1.82) is 0 Å². The number of rotatable bonds is 5. The van der Waals surface area contributed by atoms with E-state index in [-0.39, 0.29) is 6.61 Å². The van der Waals surface area contributed by atoms with Gasteiger partial charge in [0.2, 0.25) is 0 Å². The van der Waals surface area contributed by atoms with Gasteiger partial charge in [-0.2, -0.15) is 0 Å². The molecule has 0 radical (unpaired) electrons. The van der Waals surface area contributed by atoms with Crippen LogP contribution in [0, 0.1) is 0 Å². The third-order valence-corrected chi connectivity index (χ3v) is 4.10. The Hall–Kier alpha value is -2.32. The highest BCUT2D eigenvalue weighted by Crippen LogP contribution is 2.23. The molecule has 1 aromatic carbocycles. The van der Waals surface area contributed by atoms with E-state index < -0.39 is 18.1 Å². The van der Waals surface area contributed by atoms with Crippen molar-refractivity contribution in [3.8, 4) is 5.75 Å². The van der Waals surface area contributed by atoms with Crippen molar-refractivity contribution in [3.63, 3.8) is 0 Å². The molecule has 1 aliphatic rings. The smallest absolute Gasteiger partial charge is 0.407 e. The first kappa shape index (κ1) is 18.0. The number of amides is 1. The predicted octanol–water partition coefficient (Wildman–Crippen LogP) is 0.638. The molecule has 1 amide bonds. The molecule has 1 aliphatic heterocycles. The standard InChI is InChI=1S/C16H22N2O6/c1-23-14-7-11(3-4-13(14)15(20)24-2)8-17-5-6-18(16(21)22)12(9-17)10-19/h3-4,7,12,19H,5-6,8-10H2,1-2H3,(H,21,22)/t12-/m1/s1. The lowest BCUT2D eigenvalue weighted by atomic mass is 10.1. The second-order valence-corrected chi connectivity index (χ2v) is 5.57. The molecule has 0 saturated carbocycles. The van der Waals surface area contributed by atoms with Crippen LogP contribution in [0.25, 0.3) is 0 Å². The molecule has 0 aromatic heterocycles. The summed E-state index contributed by atoms with van der Waals surface area (Å²) >= 11 is 0. The number of carbonyl (C=O) groups excluding carboxylic acids is 1. The number of methoxy groups -OCH3 is 2. The van der Waals surface area contributed by atoms with E-state index in [0.717, 1.165) is 5.56 Å². The van der Waals surface area contributed by atoms with Crippen LogP contribution in [0.2, 0.25) is 0 Å². The Balaban J connectivity index is 2.09. The summed E-state index contributed by atoms with van der Waals surface area (Å²) in [5, 5.41) is 18.5. The van der Waals surface area contributed by atoms with Crippen LogP contribution in [0.5, 0.6) is 5.75 Å². The number of carboxylic acid groups (broad SMARTS) is 1. The highest BCUT2D eigenvalue weighted by molar-refractivity contribution is 5.92. The zero-order valence-corrected chi connectivity index (χ0v) is 13.8. The summed E-state index contributed by atoms with van der Waals surface area (Å²) in [6, 6.07) is 4.79. The van der Waals surface area contributed by atoms with Gasteiger partial charge in [-0.15, -0.1) is 0 Å². The molecule has 1 fully saturated rings. The van der Waals surface area contributed by atoms with E-state index in [4.69, 9.17) is 14.6 Å². The van der Waals surface area contributed by atoms with Gasteiger partial charge in [0.1, 0.15) is 11.3 Å². The van der Waals surface area contributed by atoms with E-state index >= 15 is 0 Å². The molecule has 1 aromatic rings. The van der Waals surface area contributed by atoms with Crippen LogP contribution in [0.15, 0.2) is 18.2 Å². The van der Waals surface area contributed by atoms with Gasteiger partial charge in [0, 0.05) is 26.2 Å². The zero-order chi connectivity index (χ0) is 17.7. The summed E-state index contributed by atoms with van der Waals surface area (Å²) in [6.07, 6.45) is -1.02. The fourth-order valence-corrected chi connectivity index (χ4v) is 2.84. The summed E-state index contributed by atoms with van der Waals surface area (Å²) in [5.74, 6) is -0.0314. The van der Waals surface area contributed by atoms with Crippen LogP contribution in [0.4, 0.5) is 4.79 Å². The molecular weight excluding hydrogens is 316 g/mol. The summed E-state index contributed by atoms with van der Waals surface area (Å²) < 4.78 is 9.96. The Morgan fingerprint density at radius 1 is 1.29 bits per heavy atom. The van der Waals surface area contributed by atoms with Crippen LogP contribution in [0.1, 0.15) is 15.9 Å². The lowest BCUT2D eigenvalue weighted by Crippen LogP contribution is -2.55. The molecule has 24 heavy (non-hydrogen) atoms. The Bertz CT molecular complexity index is 606. The first-order valence-electron chi connectivity index (χ1n) is 7.58. The fourth-order valence-electron chi connectivity index (χ4n) is 2.84. The maximum Gasteiger partial charge on any atom is 0.407 e. The fraction of sp³-hybridized carbons (Fsp3) is 0.500. The second kappa shape index (κ2) is 7.98. The predicted molar refractivity (Wildman–Crippen MR) is 85.2 cm³/mol. The third kappa shape index (κ3) is 3.95. The van der Waals surface area contributed by atoms with Crippen LogP contribution >= 0.6 is 0 Å². The number of ether oxygens (including phenoxy) is 2. The van der Waals surface area contributed by atoms with Crippen LogP contribution in [0.3, 0.4) is 0 Å². The average molecular weight is 338 g/mol. The van der Waals surface area contributed by atoms with Gasteiger partial charge in [0.15, 0.2) is 0 Å². The Morgan fingerprint density at radius 3 is 2.62 bits per heavy atom. The first-order chi connectivity index (χ1) is 11.5. The summed E-state index contributed by atoms with van der Waals surface area (Å²) in [6.45, 7) is 1.72. The van der Waals surface area contributed by atoms with Crippen molar-refractivity contribution >= 4 is 12.1 Å². The van der Waals surface area contributed by atoms with E-state index in [9.17, 15) is 14.7 Å². The second-order valence-electron chi connectivity index (χ2n) is 5.57. The molecule has 1 saturated heterocycles. The number of carbonyl (C=O) groups is 2. The summed E-state index contributed by atoms with van der Waals surface area (Å²) in [7, 11) is 2.80. The van der Waals surface area contributed by atoms with Crippen molar-refractivity contribution in [3.05, 3.63) is 29.3 Å². The van der Waals surface area contributed by atoms with Gasteiger partial charge < -0.3 is 24.6 Å². The quantitative estimate of drug-likeness (QED) is 0.760. The zero-order valence-electron chi connectivity index (χ0n) is 13.8. The van der Waals surface area contributed by atoms with Crippen LogP contribution in [-0.2, 0) is 11.3 Å². The molecule has 2 N–H and O–H groups in total. The van der Waals surface area contributed by atoms with E-state index in [1.807, 2.05) is 6.07 Å². The third-order valence-electron chi connectivity index (χ3n) is 4.10. The van der Waals surface area contributed by atoms with Gasteiger partial charge in [0.25, 0.3) is 0 Å². The number of benzene rings is 1. The number of aliphatic hydroxyl groups excluding tert-OH is 1. The molecule has 2 rings (SSSR count). The first-order valence-corrected chi connectivity index (χ1v) is 7.58. The molecule has 132 valence electrons. The summed E-state index contributed by atoms with van der Waals surface area (Å²) in [5.41, 5.74) is 1.28. The van der Waals surface area contributed by atoms with E-state index in [0.29, 0.717) is 37.5 Å². The van der Waals surface area contributed by atoms with Crippen LogP contribution in [-0.4, -0.2) is 78.6 Å². The Labute approximate surface area is 140 Å². The van der Waals surface area contributed by atoms with Crippen molar-refractivity contribution in [2.75, 3.05) is 40.5 Å². The molecule has 0 bridgehead atoms. The number of aliphatic hydroxyl groups is 1. The summed E-state index contributed by atoms with van der Waals surface area (Å²) in [4.78, 5) is 26.1. The highest BCUT2D eigenvalue weighted by Gasteiger charge is 2.29. The molecule has 8 nitrogen and oxygen atoms in total. The number of hydrogen-bond acceptors (Lipinski definition) is 6. The van der Waals surface area contributed by atoms with Crippen molar-refractivity contribution in [1.82, 2.24) is 9.80 Å². The van der Waals surface area contributed by atoms with Crippen molar-refractivity contribution < 1.29 is 29.3 Å². The highest BCUT2D eigenvalue weighted by atomic mass is 16.5. The van der Waals surface area contributed by atoms with Gasteiger partial charge in [-0.25, -0.2) is 9.59 Å². The lowest BCUT2D eigenvalue weighted by Gasteiger charge is -2.39. The number of piperazine rings is 1. The molecule has 0 unspecified atom stereocenters. The van der Waals surface area contributed by atoms with Gasteiger partial charge in [-0.1, -0.05) is 6.07 Å². The van der Waals surface area contributed by atoms with Crippen molar-refractivity contribution in [2.45, 2.75) is 12.6 Å². The number of hydrogen-bond donors (Lipinski definition) is 2. The van der Waals surface area contributed by atoms with Crippen LogP contribution < -0.4 is 4.74 Å². The molecule has 8 heteroatoms. The van der Waals surface area contributed by atoms with Gasteiger partial charge in [-0.3, -0.25) is 4.90 Å². The normalized spacial score (nSPS) is 18.3. The van der Waals surface area contributed by atoms with Crippen molar-refractivity contribution in [2.24, 2.45) is 0 Å². The average Bonchev–Trinajstić information content (AvgIpc) is 2.60. The number of esters is 1. The molecular formula is C16H22N2O6. The SMILES string of the molecule is COC(=O)c1ccc(CN2CCN(C(=O)O)[C@@H](CO)C2)cc1OC. The largest absolute Gasteiger partial charge is 0.496 e. The van der Waals surface area contributed by atoms with E-state index in [1.165, 1.54) is 19.1 Å². The van der Waals surface area contributed by atoms with Gasteiger partial charge in [0.05, 0.1) is 26.9 Å². The monoisotopic (exact) mass is 338 g/mol. The Kier molecular flexibility index (Phi) is 5.99. The molecule has 1 atom stereocenters. The maximum absolute atomic E-state index is 11.7. The maximum atomic E-state index is 11.7. The molecule has 0 spiro atoms. The minimum atomic E-state index is -1.02. The number of nitrogens with zero attached hydrogens (tertiary/aromatic N) is 2. The van der Waals surface area contributed by atoms with Gasteiger partial charge in [-0.05, 0) is 17.7 Å². The molecule has 0 aliphatic carbocycles. The van der Waals surface area contributed by atoms with E-state index in [1.54, 1.807) is 12.1 Å². The van der Waals surface area contributed by atoms with Gasteiger partial charge >= 0.3 is 12.1 Å².